The van der Waals surface area contributed by atoms with Gasteiger partial charge in [-0.25, -0.2) is 8.42 Å². The van der Waals surface area contributed by atoms with Crippen molar-refractivity contribution in [3.05, 3.63) is 65.4 Å². The molecule has 5 heteroatoms. The van der Waals surface area contributed by atoms with E-state index in [1.54, 1.807) is 18.2 Å². The van der Waals surface area contributed by atoms with E-state index in [9.17, 15) is 8.42 Å². The number of halogens is 1. The molecule has 0 saturated carbocycles. The Bertz CT molecular complexity index is 986. The fourth-order valence-electron chi connectivity index (χ4n) is 2.83. The third kappa shape index (κ3) is 3.80. The molecular formula is C20H19ClO3S. The quantitative estimate of drug-likeness (QED) is 0.582. The number of benzene rings is 2. The van der Waals surface area contributed by atoms with Gasteiger partial charge in [0.05, 0.1) is 4.90 Å². The Morgan fingerprint density at radius 3 is 2.32 bits per heavy atom. The van der Waals surface area contributed by atoms with Gasteiger partial charge in [-0.1, -0.05) is 42.8 Å². The first-order valence-electron chi connectivity index (χ1n) is 8.08. The largest absolute Gasteiger partial charge is 0.460 e. The Kier molecular flexibility index (Phi) is 5.02. The molecule has 0 spiro atoms. The smallest absolute Gasteiger partial charge is 0.176 e. The molecule has 3 rings (SSSR count). The van der Waals surface area contributed by atoms with Crippen molar-refractivity contribution in [1.29, 1.82) is 0 Å². The summed E-state index contributed by atoms with van der Waals surface area (Å²) in [5.74, 6) is 1.41. The van der Waals surface area contributed by atoms with Crippen LogP contribution >= 0.6 is 11.6 Å². The molecular weight excluding hydrogens is 356 g/mol. The first kappa shape index (κ1) is 17.8. The van der Waals surface area contributed by atoms with Crippen LogP contribution in [0.15, 0.2) is 63.9 Å². The van der Waals surface area contributed by atoms with E-state index in [4.69, 9.17) is 16.0 Å². The predicted molar refractivity (Wildman–Crippen MR) is 102 cm³/mol. The van der Waals surface area contributed by atoms with E-state index in [2.05, 4.69) is 6.92 Å². The van der Waals surface area contributed by atoms with Crippen LogP contribution in [0.3, 0.4) is 0 Å². The van der Waals surface area contributed by atoms with Gasteiger partial charge in [-0.3, -0.25) is 0 Å². The number of aryl methyl sites for hydroxylation is 1. The monoisotopic (exact) mass is 374 g/mol. The summed E-state index contributed by atoms with van der Waals surface area (Å²) in [6, 6.07) is 16.4. The molecule has 0 fully saturated rings. The minimum atomic E-state index is -3.37. The number of hydrogen-bond acceptors (Lipinski definition) is 3. The van der Waals surface area contributed by atoms with Gasteiger partial charge in [-0.15, -0.1) is 0 Å². The molecule has 0 N–H and O–H groups in total. The van der Waals surface area contributed by atoms with Crippen LogP contribution < -0.4 is 0 Å². The Balaban J connectivity index is 2.24. The highest BCUT2D eigenvalue weighted by molar-refractivity contribution is 7.90. The molecule has 1 heterocycles. The van der Waals surface area contributed by atoms with Gasteiger partial charge in [0.1, 0.15) is 11.5 Å². The van der Waals surface area contributed by atoms with Crippen molar-refractivity contribution in [3.8, 4) is 22.5 Å². The van der Waals surface area contributed by atoms with E-state index in [0.717, 1.165) is 29.7 Å². The molecule has 130 valence electrons. The van der Waals surface area contributed by atoms with Gasteiger partial charge < -0.3 is 4.42 Å². The Morgan fingerprint density at radius 1 is 1.00 bits per heavy atom. The van der Waals surface area contributed by atoms with Gasteiger partial charge >= 0.3 is 0 Å². The molecule has 0 unspecified atom stereocenters. The minimum absolute atomic E-state index is 0.266. The minimum Gasteiger partial charge on any atom is -0.460 e. The van der Waals surface area contributed by atoms with Crippen LogP contribution in [0.25, 0.3) is 22.5 Å². The third-order valence-electron chi connectivity index (χ3n) is 3.97. The van der Waals surface area contributed by atoms with E-state index < -0.39 is 9.84 Å². The first-order valence-corrected chi connectivity index (χ1v) is 10.3. The first-order chi connectivity index (χ1) is 11.9. The lowest BCUT2D eigenvalue weighted by molar-refractivity contribution is 0.518. The van der Waals surface area contributed by atoms with E-state index >= 15 is 0 Å². The zero-order valence-electron chi connectivity index (χ0n) is 14.1. The summed E-state index contributed by atoms with van der Waals surface area (Å²) in [6.45, 7) is 2.08. The summed E-state index contributed by atoms with van der Waals surface area (Å²) in [4.78, 5) is 0.266. The van der Waals surface area contributed by atoms with Crippen molar-refractivity contribution >= 4 is 21.4 Å². The average Bonchev–Trinajstić information content (AvgIpc) is 2.99. The maximum absolute atomic E-state index is 12.2. The zero-order chi connectivity index (χ0) is 18.0. The summed E-state index contributed by atoms with van der Waals surface area (Å²) in [6.07, 6.45) is 2.95. The van der Waals surface area contributed by atoms with Crippen molar-refractivity contribution in [2.24, 2.45) is 0 Å². The van der Waals surface area contributed by atoms with Crippen molar-refractivity contribution in [1.82, 2.24) is 0 Å². The van der Waals surface area contributed by atoms with E-state index in [0.29, 0.717) is 16.3 Å². The predicted octanol–water partition coefficient (Wildman–Crippen LogP) is 5.62. The zero-order valence-corrected chi connectivity index (χ0v) is 15.7. The molecule has 2 aromatic carbocycles. The summed E-state index contributed by atoms with van der Waals surface area (Å²) in [7, 11) is -3.37. The van der Waals surface area contributed by atoms with E-state index in [1.165, 1.54) is 6.26 Å². The molecule has 0 aliphatic rings. The van der Waals surface area contributed by atoms with Crippen LogP contribution in [-0.4, -0.2) is 14.7 Å². The van der Waals surface area contributed by atoms with Crippen molar-refractivity contribution in [2.45, 2.75) is 24.7 Å². The van der Waals surface area contributed by atoms with Gasteiger partial charge in [0.2, 0.25) is 0 Å². The van der Waals surface area contributed by atoms with Crippen LogP contribution in [0.4, 0.5) is 0 Å². The Hall–Kier alpha value is -2.04. The molecule has 3 nitrogen and oxygen atoms in total. The molecule has 1 aromatic heterocycles. The fraction of sp³-hybridized carbons (Fsp3) is 0.200. The highest BCUT2D eigenvalue weighted by Crippen LogP contribution is 2.38. The molecule has 0 atom stereocenters. The molecule has 0 aliphatic heterocycles. The average molecular weight is 375 g/mol. The van der Waals surface area contributed by atoms with Crippen LogP contribution in [-0.2, 0) is 16.3 Å². The Labute approximate surface area is 153 Å². The molecule has 0 bridgehead atoms. The van der Waals surface area contributed by atoms with Gasteiger partial charge in [0.15, 0.2) is 9.84 Å². The fourth-order valence-corrected chi connectivity index (χ4v) is 3.85. The Morgan fingerprint density at radius 2 is 1.68 bits per heavy atom. The number of furan rings is 1. The summed E-state index contributed by atoms with van der Waals surface area (Å²) in [5, 5.41) is 0.652. The maximum Gasteiger partial charge on any atom is 0.176 e. The van der Waals surface area contributed by atoms with Crippen LogP contribution in [0.1, 0.15) is 19.1 Å². The van der Waals surface area contributed by atoms with Crippen molar-refractivity contribution in [3.63, 3.8) is 0 Å². The molecule has 0 radical (unpaired) electrons. The standard InChI is InChI=1S/C20H19ClO3S/c1-3-6-16-13-18(14-9-11-15(21)12-10-14)20(24-16)17-7-4-5-8-19(17)25(2,22)23/h4-5,7-13H,3,6H2,1-2H3. The van der Waals surface area contributed by atoms with E-state index in [-0.39, 0.29) is 4.90 Å². The molecule has 3 aromatic rings. The summed E-state index contributed by atoms with van der Waals surface area (Å²) < 4.78 is 30.5. The van der Waals surface area contributed by atoms with Gasteiger partial charge in [-0.2, -0.15) is 0 Å². The van der Waals surface area contributed by atoms with Gasteiger partial charge in [-0.05, 0) is 42.3 Å². The summed E-state index contributed by atoms with van der Waals surface area (Å²) in [5.41, 5.74) is 2.39. The number of sulfone groups is 1. The number of rotatable bonds is 5. The molecule has 0 amide bonds. The third-order valence-corrected chi connectivity index (χ3v) is 5.37. The summed E-state index contributed by atoms with van der Waals surface area (Å²) >= 11 is 5.99. The second-order valence-corrected chi connectivity index (χ2v) is 8.40. The second kappa shape index (κ2) is 7.06. The second-order valence-electron chi connectivity index (χ2n) is 5.98. The maximum atomic E-state index is 12.2. The topological polar surface area (TPSA) is 47.3 Å². The SMILES string of the molecule is CCCc1cc(-c2ccc(Cl)cc2)c(-c2ccccc2S(C)(=O)=O)o1. The van der Waals surface area contributed by atoms with Gasteiger partial charge in [0.25, 0.3) is 0 Å². The lowest BCUT2D eigenvalue weighted by Crippen LogP contribution is -1.99. The van der Waals surface area contributed by atoms with Crippen molar-refractivity contribution < 1.29 is 12.8 Å². The molecule has 0 aliphatic carbocycles. The van der Waals surface area contributed by atoms with Crippen molar-refractivity contribution in [2.75, 3.05) is 6.26 Å². The van der Waals surface area contributed by atoms with Gasteiger partial charge in [0, 0.05) is 28.8 Å². The molecule has 0 saturated heterocycles. The normalized spacial score (nSPS) is 11.6. The van der Waals surface area contributed by atoms with Crippen LogP contribution in [0.5, 0.6) is 0 Å². The molecule has 25 heavy (non-hydrogen) atoms. The van der Waals surface area contributed by atoms with E-state index in [1.807, 2.05) is 36.4 Å². The number of hydrogen-bond donors (Lipinski definition) is 0. The highest BCUT2D eigenvalue weighted by atomic mass is 35.5. The van der Waals surface area contributed by atoms with Crippen LogP contribution in [0.2, 0.25) is 5.02 Å². The lowest BCUT2D eigenvalue weighted by atomic mass is 10.0. The highest BCUT2D eigenvalue weighted by Gasteiger charge is 2.21. The van der Waals surface area contributed by atoms with Crippen LogP contribution in [0, 0.1) is 0 Å². The lowest BCUT2D eigenvalue weighted by Gasteiger charge is -2.08.